The van der Waals surface area contributed by atoms with Crippen molar-refractivity contribution >= 4 is 5.91 Å². The van der Waals surface area contributed by atoms with Gasteiger partial charge in [0.1, 0.15) is 5.82 Å². The smallest absolute Gasteiger partial charge is 0.224 e. The Kier molecular flexibility index (Phi) is 4.92. The minimum atomic E-state index is -0.291. The molecule has 1 aromatic carbocycles. The fourth-order valence-corrected chi connectivity index (χ4v) is 2.31. The number of rotatable bonds is 5. The molecule has 0 aliphatic rings. The van der Waals surface area contributed by atoms with E-state index >= 15 is 0 Å². The zero-order valence-corrected chi connectivity index (χ0v) is 13.1. The second-order valence-electron chi connectivity index (χ2n) is 5.42. The summed E-state index contributed by atoms with van der Waals surface area (Å²) in [6.45, 7) is 6.03. The van der Waals surface area contributed by atoms with Crippen LogP contribution in [-0.2, 0) is 11.2 Å². The number of nitrogens with one attached hydrogen (secondary N) is 1. The van der Waals surface area contributed by atoms with Crippen molar-refractivity contribution < 1.29 is 9.18 Å². The maximum Gasteiger partial charge on any atom is 0.224 e. The molecule has 0 bridgehead atoms. The van der Waals surface area contributed by atoms with Gasteiger partial charge in [-0.2, -0.15) is 5.10 Å². The van der Waals surface area contributed by atoms with E-state index in [4.69, 9.17) is 5.73 Å². The van der Waals surface area contributed by atoms with E-state index in [0.717, 1.165) is 22.6 Å². The van der Waals surface area contributed by atoms with Gasteiger partial charge in [0.25, 0.3) is 0 Å². The largest absolute Gasteiger partial charge is 0.352 e. The quantitative estimate of drug-likeness (QED) is 0.882. The Bertz CT molecular complexity index is 664. The molecule has 0 radical (unpaired) electrons. The first-order valence-electron chi connectivity index (χ1n) is 7.22. The monoisotopic (exact) mass is 304 g/mol. The van der Waals surface area contributed by atoms with Gasteiger partial charge in [0.2, 0.25) is 5.91 Å². The van der Waals surface area contributed by atoms with E-state index in [1.54, 1.807) is 16.8 Å². The molecule has 0 saturated heterocycles. The topological polar surface area (TPSA) is 72.9 Å². The summed E-state index contributed by atoms with van der Waals surface area (Å²) in [5, 5.41) is 7.29. The predicted octanol–water partition coefficient (Wildman–Crippen LogP) is 1.63. The molecule has 1 aromatic heterocycles. The number of nitrogens with zero attached hydrogens (tertiary/aromatic N) is 2. The van der Waals surface area contributed by atoms with Gasteiger partial charge in [-0.05, 0) is 45.0 Å². The van der Waals surface area contributed by atoms with Crippen LogP contribution in [-0.4, -0.2) is 28.3 Å². The molecule has 0 aliphatic carbocycles. The minimum Gasteiger partial charge on any atom is -0.352 e. The van der Waals surface area contributed by atoms with Gasteiger partial charge in [-0.15, -0.1) is 0 Å². The van der Waals surface area contributed by atoms with E-state index in [1.807, 2.05) is 20.8 Å². The third-order valence-electron chi connectivity index (χ3n) is 3.61. The number of hydrogen-bond acceptors (Lipinski definition) is 3. The Morgan fingerprint density at radius 2 is 2.00 bits per heavy atom. The van der Waals surface area contributed by atoms with Gasteiger partial charge >= 0.3 is 0 Å². The fourth-order valence-electron chi connectivity index (χ4n) is 2.31. The number of aryl methyl sites for hydroxylation is 1. The van der Waals surface area contributed by atoms with Crippen LogP contribution in [0.5, 0.6) is 0 Å². The average Bonchev–Trinajstić information content (AvgIpc) is 2.76. The van der Waals surface area contributed by atoms with Gasteiger partial charge in [-0.25, -0.2) is 9.07 Å². The number of carbonyl (C=O) groups is 1. The molecule has 2 rings (SSSR count). The summed E-state index contributed by atoms with van der Waals surface area (Å²) in [6, 6.07) is 6.05. The molecule has 0 aliphatic heterocycles. The number of aromatic nitrogens is 2. The number of benzene rings is 1. The van der Waals surface area contributed by atoms with Crippen LogP contribution in [0.4, 0.5) is 4.39 Å². The Morgan fingerprint density at radius 1 is 1.36 bits per heavy atom. The van der Waals surface area contributed by atoms with Crippen molar-refractivity contribution in [2.45, 2.75) is 33.2 Å². The molecule has 2 aromatic rings. The second kappa shape index (κ2) is 6.70. The molecule has 3 N–H and O–H groups in total. The van der Waals surface area contributed by atoms with E-state index in [9.17, 15) is 9.18 Å². The maximum atomic E-state index is 13.0. The Balaban J connectivity index is 2.24. The Labute approximate surface area is 129 Å². The molecule has 0 unspecified atom stereocenters. The van der Waals surface area contributed by atoms with Crippen LogP contribution in [0.3, 0.4) is 0 Å². The van der Waals surface area contributed by atoms with Crippen LogP contribution in [0, 0.1) is 19.7 Å². The van der Waals surface area contributed by atoms with Crippen LogP contribution in [0.2, 0.25) is 0 Å². The maximum absolute atomic E-state index is 13.0. The van der Waals surface area contributed by atoms with Gasteiger partial charge in [-0.3, -0.25) is 4.79 Å². The van der Waals surface area contributed by atoms with E-state index < -0.39 is 0 Å². The standard InChI is InChI=1S/C16H21FN4O/c1-10(9-18)19-16(22)8-15-11(2)20-21(12(15)3)14-6-4-13(17)5-7-14/h4-7,10H,8-9,18H2,1-3H3,(H,19,22)/t10-/m0/s1. The van der Waals surface area contributed by atoms with Gasteiger partial charge in [0.15, 0.2) is 0 Å². The van der Waals surface area contributed by atoms with Crippen molar-refractivity contribution in [3.63, 3.8) is 0 Å². The lowest BCUT2D eigenvalue weighted by Crippen LogP contribution is -2.38. The Morgan fingerprint density at radius 3 is 2.59 bits per heavy atom. The first-order chi connectivity index (χ1) is 10.4. The second-order valence-corrected chi connectivity index (χ2v) is 5.42. The summed E-state index contributed by atoms with van der Waals surface area (Å²) >= 11 is 0. The van der Waals surface area contributed by atoms with Crippen LogP contribution >= 0.6 is 0 Å². The molecule has 0 spiro atoms. The number of amides is 1. The van der Waals surface area contributed by atoms with Crippen molar-refractivity contribution in [3.8, 4) is 5.69 Å². The summed E-state index contributed by atoms with van der Waals surface area (Å²) in [6.07, 6.45) is 0.253. The van der Waals surface area contributed by atoms with Crippen molar-refractivity contribution in [3.05, 3.63) is 47.0 Å². The van der Waals surface area contributed by atoms with Crippen LogP contribution in [0.15, 0.2) is 24.3 Å². The minimum absolute atomic E-state index is 0.0553. The summed E-state index contributed by atoms with van der Waals surface area (Å²) in [4.78, 5) is 12.0. The molecule has 118 valence electrons. The van der Waals surface area contributed by atoms with Crippen LogP contribution < -0.4 is 11.1 Å². The molecule has 1 heterocycles. The molecule has 0 saturated carbocycles. The van der Waals surface area contributed by atoms with Gasteiger partial charge in [0.05, 0.1) is 17.8 Å². The molecular formula is C16H21FN4O. The third-order valence-corrected chi connectivity index (χ3v) is 3.61. The average molecular weight is 304 g/mol. The van der Waals surface area contributed by atoms with Crippen LogP contribution in [0.1, 0.15) is 23.9 Å². The lowest BCUT2D eigenvalue weighted by atomic mass is 10.1. The van der Waals surface area contributed by atoms with E-state index in [1.165, 1.54) is 12.1 Å². The predicted molar refractivity (Wildman–Crippen MR) is 83.4 cm³/mol. The summed E-state index contributed by atoms with van der Waals surface area (Å²) in [7, 11) is 0. The number of halogens is 1. The van der Waals surface area contributed by atoms with E-state index in [0.29, 0.717) is 6.54 Å². The number of hydrogen-bond donors (Lipinski definition) is 2. The highest BCUT2D eigenvalue weighted by atomic mass is 19.1. The first kappa shape index (κ1) is 16.2. The molecule has 6 heteroatoms. The van der Waals surface area contributed by atoms with Crippen molar-refractivity contribution in [1.82, 2.24) is 15.1 Å². The lowest BCUT2D eigenvalue weighted by molar-refractivity contribution is -0.121. The molecule has 0 fully saturated rings. The summed E-state index contributed by atoms with van der Waals surface area (Å²) in [5.41, 5.74) is 8.82. The third kappa shape index (κ3) is 3.51. The van der Waals surface area contributed by atoms with Crippen LogP contribution in [0.25, 0.3) is 5.69 Å². The van der Waals surface area contributed by atoms with Crippen molar-refractivity contribution in [1.29, 1.82) is 0 Å². The normalized spacial score (nSPS) is 12.2. The van der Waals surface area contributed by atoms with E-state index in [-0.39, 0.29) is 24.2 Å². The zero-order valence-electron chi connectivity index (χ0n) is 13.1. The zero-order chi connectivity index (χ0) is 16.3. The number of nitrogens with two attached hydrogens (primary N) is 1. The Hall–Kier alpha value is -2.21. The number of carbonyl (C=O) groups excluding carboxylic acids is 1. The summed E-state index contributed by atoms with van der Waals surface area (Å²) in [5.74, 6) is -0.372. The highest BCUT2D eigenvalue weighted by Gasteiger charge is 2.16. The van der Waals surface area contributed by atoms with Gasteiger partial charge in [0, 0.05) is 23.8 Å². The highest BCUT2D eigenvalue weighted by Crippen LogP contribution is 2.18. The SMILES string of the molecule is Cc1nn(-c2ccc(F)cc2)c(C)c1CC(=O)N[C@@H](C)CN. The van der Waals surface area contributed by atoms with Gasteiger partial charge in [-0.1, -0.05) is 0 Å². The van der Waals surface area contributed by atoms with Gasteiger partial charge < -0.3 is 11.1 Å². The lowest BCUT2D eigenvalue weighted by Gasteiger charge is -2.11. The van der Waals surface area contributed by atoms with E-state index in [2.05, 4.69) is 10.4 Å². The summed E-state index contributed by atoms with van der Waals surface area (Å²) < 4.78 is 14.7. The molecule has 1 atom stereocenters. The fraction of sp³-hybridized carbons (Fsp3) is 0.375. The van der Waals surface area contributed by atoms with Crippen molar-refractivity contribution in [2.24, 2.45) is 5.73 Å². The van der Waals surface area contributed by atoms with Crippen molar-refractivity contribution in [2.75, 3.05) is 6.54 Å². The molecule has 1 amide bonds. The first-order valence-corrected chi connectivity index (χ1v) is 7.22. The highest BCUT2D eigenvalue weighted by molar-refractivity contribution is 5.79. The molecule has 5 nitrogen and oxygen atoms in total. The molecular weight excluding hydrogens is 283 g/mol. The molecule has 22 heavy (non-hydrogen) atoms.